The van der Waals surface area contributed by atoms with Crippen molar-refractivity contribution in [1.29, 1.82) is 0 Å². The molecule has 22 heavy (non-hydrogen) atoms. The van der Waals surface area contributed by atoms with Crippen molar-refractivity contribution in [1.82, 2.24) is 4.98 Å². The average Bonchev–Trinajstić information content (AvgIpc) is 2.92. The quantitative estimate of drug-likeness (QED) is 0.678. The van der Waals surface area contributed by atoms with Crippen LogP contribution in [0.1, 0.15) is 22.9 Å². The zero-order chi connectivity index (χ0) is 15.1. The van der Waals surface area contributed by atoms with Crippen LogP contribution in [0.3, 0.4) is 0 Å². The van der Waals surface area contributed by atoms with Crippen LogP contribution in [0.25, 0.3) is 10.9 Å². The standard InChI is InChI=1S/C18H18N2O2/c1-22-13-5-6-16-15(10-13)14-7-8-19-17(18(14)20-16)11-3-2-4-12(21)9-11/h2-6,9-10,17,19-21H,7-8H2,1H3/p+1/t17-/m1/s1. The van der Waals surface area contributed by atoms with E-state index in [1.165, 1.54) is 16.6 Å². The molecule has 112 valence electrons. The van der Waals surface area contributed by atoms with Crippen molar-refractivity contribution in [3.63, 3.8) is 0 Å². The van der Waals surface area contributed by atoms with Gasteiger partial charge in [0.05, 0.1) is 19.3 Å². The third-order valence-electron chi connectivity index (χ3n) is 4.48. The molecule has 0 saturated carbocycles. The number of hydrogen-bond acceptors (Lipinski definition) is 2. The number of phenolic OH excluding ortho intramolecular Hbond substituents is 1. The molecule has 0 bridgehead atoms. The second-order valence-electron chi connectivity index (χ2n) is 5.78. The Hall–Kier alpha value is -2.46. The molecule has 3 aromatic rings. The Kier molecular flexibility index (Phi) is 3.05. The van der Waals surface area contributed by atoms with E-state index in [2.05, 4.69) is 28.5 Å². The predicted octanol–water partition coefficient (Wildman–Crippen LogP) is 2.09. The monoisotopic (exact) mass is 295 g/mol. The highest BCUT2D eigenvalue weighted by atomic mass is 16.5. The molecule has 1 atom stereocenters. The highest BCUT2D eigenvalue weighted by molar-refractivity contribution is 5.86. The number of nitrogens with one attached hydrogen (secondary N) is 1. The number of aromatic hydroxyl groups is 1. The summed E-state index contributed by atoms with van der Waals surface area (Å²) in [6, 6.07) is 13.9. The van der Waals surface area contributed by atoms with Gasteiger partial charge >= 0.3 is 0 Å². The van der Waals surface area contributed by atoms with Crippen LogP contribution in [0.5, 0.6) is 11.5 Å². The molecule has 0 unspecified atom stereocenters. The first-order valence-corrected chi connectivity index (χ1v) is 7.57. The molecule has 4 nitrogen and oxygen atoms in total. The third kappa shape index (κ3) is 2.04. The minimum absolute atomic E-state index is 0.203. The van der Waals surface area contributed by atoms with Crippen LogP contribution in [0.4, 0.5) is 0 Å². The topological polar surface area (TPSA) is 61.9 Å². The molecule has 0 radical (unpaired) electrons. The lowest BCUT2D eigenvalue weighted by molar-refractivity contribution is -0.690. The number of ether oxygens (including phenoxy) is 1. The number of aromatic nitrogens is 1. The summed E-state index contributed by atoms with van der Waals surface area (Å²) in [6.45, 7) is 1.04. The molecule has 4 N–H and O–H groups in total. The predicted molar refractivity (Wildman–Crippen MR) is 85.3 cm³/mol. The molecule has 0 aliphatic carbocycles. The number of nitrogens with two attached hydrogens (primary N) is 1. The molecule has 1 aliphatic heterocycles. The number of methoxy groups -OCH3 is 1. The van der Waals surface area contributed by atoms with Gasteiger partial charge in [-0.2, -0.15) is 0 Å². The first-order valence-electron chi connectivity index (χ1n) is 7.57. The third-order valence-corrected chi connectivity index (χ3v) is 4.48. The van der Waals surface area contributed by atoms with Crippen molar-refractivity contribution in [2.75, 3.05) is 13.7 Å². The number of rotatable bonds is 2. The summed E-state index contributed by atoms with van der Waals surface area (Å²) in [5.41, 5.74) is 4.87. The second-order valence-corrected chi connectivity index (χ2v) is 5.78. The van der Waals surface area contributed by atoms with Crippen molar-refractivity contribution in [2.24, 2.45) is 0 Å². The molecule has 2 heterocycles. The van der Waals surface area contributed by atoms with Crippen LogP contribution in [0, 0.1) is 0 Å². The first kappa shape index (κ1) is 13.2. The Bertz CT molecular complexity index is 838. The molecular formula is C18H19N2O2+. The lowest BCUT2D eigenvalue weighted by atomic mass is 9.94. The number of benzene rings is 2. The van der Waals surface area contributed by atoms with Gasteiger partial charge in [0.2, 0.25) is 0 Å². The number of fused-ring (bicyclic) bond motifs is 3. The van der Waals surface area contributed by atoms with Crippen LogP contribution in [-0.2, 0) is 6.42 Å². The lowest BCUT2D eigenvalue weighted by Gasteiger charge is -2.21. The fraction of sp³-hybridized carbons (Fsp3) is 0.222. The zero-order valence-electron chi connectivity index (χ0n) is 12.5. The minimum atomic E-state index is 0.203. The van der Waals surface area contributed by atoms with E-state index in [4.69, 9.17) is 4.74 Å². The van der Waals surface area contributed by atoms with Crippen molar-refractivity contribution in [2.45, 2.75) is 12.5 Å². The zero-order valence-corrected chi connectivity index (χ0v) is 12.5. The number of H-pyrrole nitrogens is 1. The smallest absolute Gasteiger partial charge is 0.153 e. The van der Waals surface area contributed by atoms with Gasteiger partial charge in [0.25, 0.3) is 0 Å². The summed E-state index contributed by atoms with van der Waals surface area (Å²) in [5.74, 6) is 1.20. The van der Waals surface area contributed by atoms with Gasteiger partial charge in [-0.25, -0.2) is 0 Å². The highest BCUT2D eigenvalue weighted by Gasteiger charge is 2.28. The number of quaternary nitrogens is 1. The van der Waals surface area contributed by atoms with Gasteiger partial charge in [0, 0.05) is 22.9 Å². The number of phenols is 1. The Morgan fingerprint density at radius 3 is 2.95 bits per heavy atom. The summed E-state index contributed by atoms with van der Waals surface area (Å²) in [4.78, 5) is 3.57. The van der Waals surface area contributed by atoms with Crippen LogP contribution in [-0.4, -0.2) is 23.7 Å². The summed E-state index contributed by atoms with van der Waals surface area (Å²) in [7, 11) is 1.70. The maximum atomic E-state index is 9.76. The van der Waals surface area contributed by atoms with Gasteiger partial charge in [0.15, 0.2) is 6.04 Å². The largest absolute Gasteiger partial charge is 0.508 e. The van der Waals surface area contributed by atoms with Gasteiger partial charge in [-0.15, -0.1) is 0 Å². The maximum absolute atomic E-state index is 9.76. The normalized spacial score (nSPS) is 17.4. The van der Waals surface area contributed by atoms with Crippen LogP contribution < -0.4 is 10.1 Å². The van der Waals surface area contributed by atoms with E-state index in [1.807, 2.05) is 18.2 Å². The molecule has 0 saturated heterocycles. The highest BCUT2D eigenvalue weighted by Crippen LogP contribution is 2.33. The minimum Gasteiger partial charge on any atom is -0.508 e. The van der Waals surface area contributed by atoms with Crippen LogP contribution in [0.2, 0.25) is 0 Å². The summed E-state index contributed by atoms with van der Waals surface area (Å²) >= 11 is 0. The molecule has 0 amide bonds. The molecule has 1 aliphatic rings. The van der Waals surface area contributed by atoms with E-state index in [9.17, 15) is 5.11 Å². The first-order chi connectivity index (χ1) is 10.8. The lowest BCUT2D eigenvalue weighted by Crippen LogP contribution is -2.87. The van der Waals surface area contributed by atoms with E-state index in [-0.39, 0.29) is 6.04 Å². The van der Waals surface area contributed by atoms with E-state index < -0.39 is 0 Å². The Morgan fingerprint density at radius 1 is 1.23 bits per heavy atom. The molecule has 4 heteroatoms. The Morgan fingerprint density at radius 2 is 2.14 bits per heavy atom. The molecule has 0 spiro atoms. The van der Waals surface area contributed by atoms with E-state index in [0.717, 1.165) is 29.8 Å². The van der Waals surface area contributed by atoms with Gasteiger partial charge in [-0.05, 0) is 35.9 Å². The van der Waals surface area contributed by atoms with Gasteiger partial charge in [0.1, 0.15) is 11.5 Å². The molecular weight excluding hydrogens is 276 g/mol. The van der Waals surface area contributed by atoms with Gasteiger partial charge < -0.3 is 20.1 Å². The molecule has 0 fully saturated rings. The Balaban J connectivity index is 1.87. The fourth-order valence-corrected chi connectivity index (χ4v) is 3.44. The molecule has 1 aromatic heterocycles. The van der Waals surface area contributed by atoms with Gasteiger partial charge in [-0.1, -0.05) is 12.1 Å². The SMILES string of the molecule is COc1ccc2[nH]c3c(c2c1)CC[NH2+][C@@H]3c1cccc(O)c1. The van der Waals surface area contributed by atoms with Crippen molar-refractivity contribution < 1.29 is 15.2 Å². The molecule has 4 rings (SSSR count). The summed E-state index contributed by atoms with van der Waals surface area (Å²) in [5, 5.41) is 13.3. The summed E-state index contributed by atoms with van der Waals surface area (Å²) in [6.07, 6.45) is 1.04. The van der Waals surface area contributed by atoms with E-state index in [1.54, 1.807) is 13.2 Å². The second kappa shape index (κ2) is 5.07. The average molecular weight is 295 g/mol. The maximum Gasteiger partial charge on any atom is 0.153 e. The van der Waals surface area contributed by atoms with Crippen LogP contribution >= 0.6 is 0 Å². The molecule has 2 aromatic carbocycles. The van der Waals surface area contributed by atoms with Crippen molar-refractivity contribution >= 4 is 10.9 Å². The van der Waals surface area contributed by atoms with Crippen molar-refractivity contribution in [3.05, 3.63) is 59.3 Å². The van der Waals surface area contributed by atoms with Crippen molar-refractivity contribution in [3.8, 4) is 11.5 Å². The van der Waals surface area contributed by atoms with Gasteiger partial charge in [-0.3, -0.25) is 0 Å². The van der Waals surface area contributed by atoms with E-state index >= 15 is 0 Å². The summed E-state index contributed by atoms with van der Waals surface area (Å²) < 4.78 is 5.36. The van der Waals surface area contributed by atoms with E-state index in [0.29, 0.717) is 5.75 Å². The number of hydrogen-bond donors (Lipinski definition) is 3. The number of aromatic amines is 1. The fourth-order valence-electron chi connectivity index (χ4n) is 3.44. The van der Waals surface area contributed by atoms with Crippen LogP contribution in [0.15, 0.2) is 42.5 Å². The Labute approximate surface area is 128 Å².